The van der Waals surface area contributed by atoms with Crippen molar-refractivity contribution >= 4 is 5.91 Å². The Labute approximate surface area is 173 Å². The molecule has 0 radical (unpaired) electrons. The zero-order valence-electron chi connectivity index (χ0n) is 17.3. The molecule has 1 N–H and O–H groups in total. The van der Waals surface area contributed by atoms with Crippen LogP contribution in [-0.4, -0.2) is 31.5 Å². The molecule has 150 valence electrons. The van der Waals surface area contributed by atoms with Gasteiger partial charge < -0.3 is 10.1 Å². The van der Waals surface area contributed by atoms with Gasteiger partial charge in [-0.3, -0.25) is 9.69 Å². The molecule has 0 saturated heterocycles. The summed E-state index contributed by atoms with van der Waals surface area (Å²) in [6.07, 6.45) is 0. The molecule has 0 bridgehead atoms. The van der Waals surface area contributed by atoms with Crippen LogP contribution in [0.3, 0.4) is 0 Å². The van der Waals surface area contributed by atoms with Crippen LogP contribution in [0.5, 0.6) is 5.75 Å². The molecule has 0 unspecified atom stereocenters. The van der Waals surface area contributed by atoms with Crippen molar-refractivity contribution in [1.29, 1.82) is 0 Å². The number of likely N-dealkylation sites (N-methyl/N-ethyl adjacent to an activating group) is 1. The fourth-order valence-electron chi connectivity index (χ4n) is 3.39. The molecule has 4 heteroatoms. The SMILES string of the molecule is COc1ccc([C@H](NC(=O)CN(C)Cc2ccccc2C)c2ccccc2)cc1. The number of amides is 1. The molecule has 0 fully saturated rings. The molecule has 0 aliphatic rings. The molecule has 1 atom stereocenters. The van der Waals surface area contributed by atoms with E-state index in [0.717, 1.165) is 23.4 Å². The van der Waals surface area contributed by atoms with Gasteiger partial charge in [-0.15, -0.1) is 0 Å². The van der Waals surface area contributed by atoms with Crippen LogP contribution >= 0.6 is 0 Å². The third-order valence-electron chi connectivity index (χ3n) is 5.00. The smallest absolute Gasteiger partial charge is 0.234 e. The van der Waals surface area contributed by atoms with E-state index < -0.39 is 0 Å². The van der Waals surface area contributed by atoms with Crippen molar-refractivity contribution in [3.05, 3.63) is 101 Å². The van der Waals surface area contributed by atoms with Crippen molar-refractivity contribution in [2.45, 2.75) is 19.5 Å². The maximum Gasteiger partial charge on any atom is 0.234 e. The predicted octanol–water partition coefficient (Wildman–Crippen LogP) is 4.34. The Bertz CT molecular complexity index is 923. The van der Waals surface area contributed by atoms with E-state index in [2.05, 4.69) is 24.4 Å². The van der Waals surface area contributed by atoms with Gasteiger partial charge in [-0.1, -0.05) is 66.7 Å². The number of rotatable bonds is 8. The summed E-state index contributed by atoms with van der Waals surface area (Å²) in [5, 5.41) is 3.20. The van der Waals surface area contributed by atoms with Crippen molar-refractivity contribution in [2.24, 2.45) is 0 Å². The highest BCUT2D eigenvalue weighted by molar-refractivity contribution is 5.79. The van der Waals surface area contributed by atoms with Crippen LogP contribution in [-0.2, 0) is 11.3 Å². The molecule has 0 aliphatic carbocycles. The summed E-state index contributed by atoms with van der Waals surface area (Å²) >= 11 is 0. The second-order valence-corrected chi connectivity index (χ2v) is 7.28. The van der Waals surface area contributed by atoms with Crippen LogP contribution < -0.4 is 10.1 Å². The molecular formula is C25H28N2O2. The van der Waals surface area contributed by atoms with Crippen molar-refractivity contribution < 1.29 is 9.53 Å². The number of carbonyl (C=O) groups is 1. The van der Waals surface area contributed by atoms with Gasteiger partial charge in [-0.2, -0.15) is 0 Å². The number of methoxy groups -OCH3 is 1. The van der Waals surface area contributed by atoms with Gasteiger partial charge in [0, 0.05) is 6.54 Å². The molecule has 3 rings (SSSR count). The number of nitrogens with zero attached hydrogens (tertiary/aromatic N) is 1. The maximum atomic E-state index is 12.8. The topological polar surface area (TPSA) is 41.6 Å². The van der Waals surface area contributed by atoms with Crippen molar-refractivity contribution in [3.63, 3.8) is 0 Å². The van der Waals surface area contributed by atoms with E-state index in [1.165, 1.54) is 11.1 Å². The zero-order valence-corrected chi connectivity index (χ0v) is 17.3. The Hall–Kier alpha value is -3.11. The number of carbonyl (C=O) groups excluding carboxylic acids is 1. The van der Waals surface area contributed by atoms with Gasteiger partial charge in [0.25, 0.3) is 0 Å². The number of nitrogens with one attached hydrogen (secondary N) is 1. The zero-order chi connectivity index (χ0) is 20.6. The highest BCUT2D eigenvalue weighted by Gasteiger charge is 2.18. The van der Waals surface area contributed by atoms with E-state index in [9.17, 15) is 4.79 Å². The standard InChI is InChI=1S/C25H28N2O2/c1-19-9-7-8-12-22(19)17-27(2)18-24(28)26-25(20-10-5-4-6-11-20)21-13-15-23(29-3)16-14-21/h4-16,25H,17-18H2,1-3H3,(H,26,28)/t25-/m1/s1. The number of benzene rings is 3. The number of hydrogen-bond donors (Lipinski definition) is 1. The first-order chi connectivity index (χ1) is 14.1. The van der Waals surface area contributed by atoms with Crippen LogP contribution in [0.4, 0.5) is 0 Å². The summed E-state index contributed by atoms with van der Waals surface area (Å²) in [5.41, 5.74) is 4.54. The van der Waals surface area contributed by atoms with E-state index in [-0.39, 0.29) is 11.9 Å². The average molecular weight is 389 g/mol. The van der Waals surface area contributed by atoms with Gasteiger partial charge >= 0.3 is 0 Å². The molecule has 0 heterocycles. The number of aryl methyl sites for hydroxylation is 1. The molecule has 0 saturated carbocycles. The summed E-state index contributed by atoms with van der Waals surface area (Å²) < 4.78 is 5.26. The minimum atomic E-state index is -0.207. The Morgan fingerprint density at radius 1 is 0.931 bits per heavy atom. The third kappa shape index (κ3) is 5.69. The molecule has 29 heavy (non-hydrogen) atoms. The van der Waals surface area contributed by atoms with Gasteiger partial charge in [-0.05, 0) is 48.4 Å². The fourth-order valence-corrected chi connectivity index (χ4v) is 3.39. The Balaban J connectivity index is 1.71. The molecule has 4 nitrogen and oxygen atoms in total. The van der Waals surface area contributed by atoms with Gasteiger partial charge in [0.15, 0.2) is 0 Å². The van der Waals surface area contributed by atoms with Crippen LogP contribution in [0.15, 0.2) is 78.9 Å². The van der Waals surface area contributed by atoms with E-state index in [4.69, 9.17) is 4.74 Å². The third-order valence-corrected chi connectivity index (χ3v) is 5.00. The van der Waals surface area contributed by atoms with Gasteiger partial charge in [0.2, 0.25) is 5.91 Å². The van der Waals surface area contributed by atoms with Crippen LogP contribution in [0.25, 0.3) is 0 Å². The van der Waals surface area contributed by atoms with Crippen molar-refractivity contribution in [3.8, 4) is 5.75 Å². The predicted molar refractivity (Wildman–Crippen MR) is 117 cm³/mol. The highest BCUT2D eigenvalue weighted by atomic mass is 16.5. The first-order valence-electron chi connectivity index (χ1n) is 9.78. The number of hydrogen-bond acceptors (Lipinski definition) is 3. The lowest BCUT2D eigenvalue weighted by atomic mass is 9.98. The normalized spacial score (nSPS) is 11.9. The monoisotopic (exact) mass is 388 g/mol. The van der Waals surface area contributed by atoms with Gasteiger partial charge in [0.1, 0.15) is 5.75 Å². The average Bonchev–Trinajstić information content (AvgIpc) is 2.74. The minimum absolute atomic E-state index is 0.00856. The quantitative estimate of drug-likeness (QED) is 0.624. The second kappa shape index (κ2) is 9.89. The van der Waals surface area contributed by atoms with Gasteiger partial charge in [-0.25, -0.2) is 0 Å². The molecular weight excluding hydrogens is 360 g/mol. The summed E-state index contributed by atoms with van der Waals surface area (Å²) in [5.74, 6) is 0.788. The Morgan fingerprint density at radius 2 is 1.55 bits per heavy atom. The fraction of sp³-hybridized carbons (Fsp3) is 0.240. The van der Waals surface area contributed by atoms with Crippen molar-refractivity contribution in [1.82, 2.24) is 10.2 Å². The lowest BCUT2D eigenvalue weighted by Gasteiger charge is -2.23. The summed E-state index contributed by atoms with van der Waals surface area (Å²) in [6.45, 7) is 3.16. The second-order valence-electron chi connectivity index (χ2n) is 7.28. The molecule has 0 aromatic heterocycles. The largest absolute Gasteiger partial charge is 0.497 e. The van der Waals surface area contributed by atoms with E-state index >= 15 is 0 Å². The van der Waals surface area contributed by atoms with Crippen LogP contribution in [0, 0.1) is 6.92 Å². The Kier molecular flexibility index (Phi) is 7.04. The summed E-state index contributed by atoms with van der Waals surface area (Å²) in [7, 11) is 3.62. The summed E-state index contributed by atoms with van der Waals surface area (Å²) in [6, 6.07) is 25.9. The van der Waals surface area contributed by atoms with E-state index in [0.29, 0.717) is 6.54 Å². The van der Waals surface area contributed by atoms with Crippen molar-refractivity contribution in [2.75, 3.05) is 20.7 Å². The first-order valence-corrected chi connectivity index (χ1v) is 9.78. The molecule has 3 aromatic carbocycles. The minimum Gasteiger partial charge on any atom is -0.497 e. The lowest BCUT2D eigenvalue weighted by molar-refractivity contribution is -0.122. The van der Waals surface area contributed by atoms with E-state index in [1.54, 1.807) is 7.11 Å². The Morgan fingerprint density at radius 3 is 2.21 bits per heavy atom. The van der Waals surface area contributed by atoms with E-state index in [1.807, 2.05) is 78.7 Å². The maximum absolute atomic E-state index is 12.8. The van der Waals surface area contributed by atoms with Crippen LogP contribution in [0.1, 0.15) is 28.3 Å². The molecule has 3 aromatic rings. The highest BCUT2D eigenvalue weighted by Crippen LogP contribution is 2.24. The lowest BCUT2D eigenvalue weighted by Crippen LogP contribution is -2.37. The van der Waals surface area contributed by atoms with Gasteiger partial charge in [0.05, 0.1) is 19.7 Å². The summed E-state index contributed by atoms with van der Waals surface area (Å²) in [4.78, 5) is 14.9. The number of ether oxygens (including phenoxy) is 1. The van der Waals surface area contributed by atoms with Crippen LogP contribution in [0.2, 0.25) is 0 Å². The first kappa shape index (κ1) is 20.6. The molecule has 1 amide bonds. The molecule has 0 spiro atoms. The molecule has 0 aliphatic heterocycles.